The fourth-order valence-electron chi connectivity index (χ4n) is 2.48. The van der Waals surface area contributed by atoms with Crippen molar-refractivity contribution >= 4 is 0 Å². The third kappa shape index (κ3) is 0.884. The second-order valence-corrected chi connectivity index (χ2v) is 3.93. The Labute approximate surface area is 84.3 Å². The number of allylic oxidation sites excluding steroid dienone is 5. The topological polar surface area (TPSA) is 0 Å². The summed E-state index contributed by atoms with van der Waals surface area (Å²) in [7, 11) is 0. The standard InChI is InChI=1S/C14H12/c1-10-11-6-2-3-7-12(10)14-9-5-4-8-13(11)14/h2-9,11-12H,1H2. The van der Waals surface area contributed by atoms with Crippen LogP contribution in [0, 0.1) is 0 Å². The van der Waals surface area contributed by atoms with E-state index in [0.717, 1.165) is 0 Å². The number of hydrogen-bond acceptors (Lipinski definition) is 0. The Morgan fingerprint density at radius 3 is 1.86 bits per heavy atom. The first-order valence-corrected chi connectivity index (χ1v) is 5.00. The lowest BCUT2D eigenvalue weighted by molar-refractivity contribution is 0.980. The van der Waals surface area contributed by atoms with E-state index < -0.39 is 0 Å². The zero-order valence-electron chi connectivity index (χ0n) is 7.98. The van der Waals surface area contributed by atoms with E-state index in [1.165, 1.54) is 16.7 Å². The number of hydrogen-bond donors (Lipinski definition) is 0. The van der Waals surface area contributed by atoms with Crippen LogP contribution in [0.15, 0.2) is 60.7 Å². The van der Waals surface area contributed by atoms with Crippen LogP contribution in [0.4, 0.5) is 0 Å². The van der Waals surface area contributed by atoms with Gasteiger partial charge >= 0.3 is 0 Å². The molecule has 68 valence electrons. The largest absolute Gasteiger partial charge is 0.0980 e. The zero-order valence-corrected chi connectivity index (χ0v) is 7.98. The van der Waals surface area contributed by atoms with Gasteiger partial charge in [-0.05, 0) is 11.1 Å². The third-order valence-electron chi connectivity index (χ3n) is 3.18. The summed E-state index contributed by atoms with van der Waals surface area (Å²) >= 11 is 0. The SMILES string of the molecule is C=C1C2C=CC=CC1c1ccccc12. The van der Waals surface area contributed by atoms with Crippen molar-refractivity contribution in [2.45, 2.75) is 11.8 Å². The van der Waals surface area contributed by atoms with Crippen LogP contribution in [-0.2, 0) is 0 Å². The van der Waals surface area contributed by atoms with E-state index in [-0.39, 0.29) is 0 Å². The van der Waals surface area contributed by atoms with Crippen LogP contribution in [0.5, 0.6) is 0 Å². The predicted octanol–water partition coefficient (Wildman–Crippen LogP) is 3.55. The molecule has 2 atom stereocenters. The summed E-state index contributed by atoms with van der Waals surface area (Å²) in [4.78, 5) is 0. The summed E-state index contributed by atoms with van der Waals surface area (Å²) in [6, 6.07) is 8.66. The van der Waals surface area contributed by atoms with E-state index in [1.54, 1.807) is 0 Å². The Morgan fingerprint density at radius 2 is 1.36 bits per heavy atom. The van der Waals surface area contributed by atoms with Crippen LogP contribution in [0.25, 0.3) is 0 Å². The van der Waals surface area contributed by atoms with E-state index in [1.807, 2.05) is 0 Å². The van der Waals surface area contributed by atoms with Gasteiger partial charge in [-0.15, -0.1) is 0 Å². The molecule has 0 heterocycles. The monoisotopic (exact) mass is 180 g/mol. The summed E-state index contributed by atoms with van der Waals surface area (Å²) in [6.45, 7) is 4.21. The molecule has 1 aromatic rings. The Balaban J connectivity index is 2.29. The van der Waals surface area contributed by atoms with Gasteiger partial charge in [0.05, 0.1) is 0 Å². The van der Waals surface area contributed by atoms with Crippen molar-refractivity contribution in [1.82, 2.24) is 0 Å². The van der Waals surface area contributed by atoms with Gasteiger partial charge in [0.15, 0.2) is 0 Å². The van der Waals surface area contributed by atoms with Crippen molar-refractivity contribution in [1.29, 1.82) is 0 Å². The quantitative estimate of drug-likeness (QED) is 0.535. The minimum Gasteiger partial charge on any atom is -0.0980 e. The van der Waals surface area contributed by atoms with Gasteiger partial charge < -0.3 is 0 Å². The van der Waals surface area contributed by atoms with Crippen LogP contribution >= 0.6 is 0 Å². The van der Waals surface area contributed by atoms with Crippen LogP contribution in [0.3, 0.4) is 0 Å². The van der Waals surface area contributed by atoms with Gasteiger partial charge in [0.1, 0.15) is 0 Å². The van der Waals surface area contributed by atoms with Crippen molar-refractivity contribution in [3.05, 3.63) is 71.8 Å². The van der Waals surface area contributed by atoms with E-state index in [2.05, 4.69) is 55.1 Å². The zero-order chi connectivity index (χ0) is 9.54. The lowest BCUT2D eigenvalue weighted by Gasteiger charge is -2.06. The van der Waals surface area contributed by atoms with Crippen molar-refractivity contribution < 1.29 is 0 Å². The number of rotatable bonds is 0. The predicted molar refractivity (Wildman–Crippen MR) is 59.3 cm³/mol. The summed E-state index contributed by atoms with van der Waals surface area (Å²) in [5.41, 5.74) is 4.18. The first-order valence-electron chi connectivity index (χ1n) is 5.00. The van der Waals surface area contributed by atoms with E-state index >= 15 is 0 Å². The normalized spacial score (nSPS) is 27.6. The maximum atomic E-state index is 4.21. The van der Waals surface area contributed by atoms with Gasteiger partial charge in [0.25, 0.3) is 0 Å². The molecule has 0 saturated heterocycles. The number of fused-ring (bicyclic) bond motifs is 5. The Kier molecular flexibility index (Phi) is 1.51. The van der Waals surface area contributed by atoms with E-state index in [9.17, 15) is 0 Å². The minimum atomic E-state index is 0.436. The molecule has 0 spiro atoms. The van der Waals surface area contributed by atoms with Gasteiger partial charge in [-0.1, -0.05) is 60.7 Å². The molecule has 0 aromatic heterocycles. The highest BCUT2D eigenvalue weighted by molar-refractivity contribution is 5.56. The molecule has 0 nitrogen and oxygen atoms in total. The molecule has 3 rings (SSSR count). The molecule has 2 bridgehead atoms. The molecule has 0 heteroatoms. The van der Waals surface area contributed by atoms with Crippen LogP contribution < -0.4 is 0 Å². The minimum absolute atomic E-state index is 0.436. The first-order chi connectivity index (χ1) is 6.88. The fraction of sp³-hybridized carbons (Fsp3) is 0.143. The lowest BCUT2D eigenvalue weighted by Crippen LogP contribution is -1.91. The molecular formula is C14H12. The number of benzene rings is 1. The fourth-order valence-corrected chi connectivity index (χ4v) is 2.48. The highest BCUT2D eigenvalue weighted by Crippen LogP contribution is 2.47. The highest BCUT2D eigenvalue weighted by Gasteiger charge is 2.31. The summed E-state index contributed by atoms with van der Waals surface area (Å²) in [5.74, 6) is 0.873. The summed E-state index contributed by atoms with van der Waals surface area (Å²) in [5, 5.41) is 0. The lowest BCUT2D eigenvalue weighted by atomic mass is 9.97. The summed E-state index contributed by atoms with van der Waals surface area (Å²) < 4.78 is 0. The van der Waals surface area contributed by atoms with E-state index in [4.69, 9.17) is 0 Å². The van der Waals surface area contributed by atoms with E-state index in [0.29, 0.717) is 11.8 Å². The molecule has 1 aromatic carbocycles. The molecule has 0 saturated carbocycles. The second-order valence-electron chi connectivity index (χ2n) is 3.93. The maximum absolute atomic E-state index is 4.21. The Morgan fingerprint density at radius 1 is 0.857 bits per heavy atom. The van der Waals surface area contributed by atoms with Crippen molar-refractivity contribution in [2.24, 2.45) is 0 Å². The van der Waals surface area contributed by atoms with Gasteiger partial charge in [-0.25, -0.2) is 0 Å². The molecule has 0 fully saturated rings. The Bertz CT molecular complexity index is 408. The molecule has 2 aliphatic rings. The molecule has 2 aliphatic carbocycles. The van der Waals surface area contributed by atoms with Crippen molar-refractivity contribution in [3.63, 3.8) is 0 Å². The summed E-state index contributed by atoms with van der Waals surface area (Å²) in [6.07, 6.45) is 8.74. The van der Waals surface area contributed by atoms with Crippen LogP contribution in [-0.4, -0.2) is 0 Å². The molecule has 0 aliphatic heterocycles. The molecule has 0 amide bonds. The van der Waals surface area contributed by atoms with Gasteiger partial charge in [-0.3, -0.25) is 0 Å². The average Bonchev–Trinajstić information content (AvgIpc) is 2.33. The molecule has 2 unspecified atom stereocenters. The maximum Gasteiger partial charge on any atom is 0.0241 e. The van der Waals surface area contributed by atoms with Crippen LogP contribution in [0.1, 0.15) is 23.0 Å². The molecule has 0 radical (unpaired) electrons. The van der Waals surface area contributed by atoms with Crippen LogP contribution in [0.2, 0.25) is 0 Å². The average molecular weight is 180 g/mol. The molecule has 14 heavy (non-hydrogen) atoms. The van der Waals surface area contributed by atoms with Gasteiger partial charge in [0.2, 0.25) is 0 Å². The highest BCUT2D eigenvalue weighted by atomic mass is 14.3. The van der Waals surface area contributed by atoms with Crippen molar-refractivity contribution in [3.8, 4) is 0 Å². The first kappa shape index (κ1) is 7.81. The smallest absolute Gasteiger partial charge is 0.0241 e. The van der Waals surface area contributed by atoms with Gasteiger partial charge in [-0.2, -0.15) is 0 Å². The molecule has 0 N–H and O–H groups in total. The van der Waals surface area contributed by atoms with Crippen molar-refractivity contribution in [2.75, 3.05) is 0 Å². The Hall–Kier alpha value is -1.56. The molecular weight excluding hydrogens is 168 g/mol. The van der Waals surface area contributed by atoms with Gasteiger partial charge in [0, 0.05) is 11.8 Å². The second kappa shape index (κ2) is 2.71. The third-order valence-corrected chi connectivity index (χ3v) is 3.18.